The van der Waals surface area contributed by atoms with Gasteiger partial charge in [0.1, 0.15) is 6.61 Å². The number of aliphatic hydroxyl groups excluding tert-OH is 1. The Morgan fingerprint density at radius 2 is 1.87 bits per heavy atom. The number of carbonyl (C=O) groups is 1. The molecule has 1 aromatic carbocycles. The highest BCUT2D eigenvalue weighted by Gasteiger charge is 2.23. The number of nitrogens with one attached hydrogen (secondary N) is 1. The Morgan fingerprint density at radius 1 is 1.13 bits per heavy atom. The van der Waals surface area contributed by atoms with Crippen LogP contribution in [-0.2, 0) is 20.7 Å². The SMILES string of the molecule is COCCCOc1cc(C[C@@H](C[C@H](N)[C@@H](O)CNC(=O)COC)C(C)C)ccc1OC. The Kier molecular flexibility index (Phi) is 13.2. The average Bonchev–Trinajstić information content (AvgIpc) is 2.74. The molecule has 0 fully saturated rings. The number of rotatable bonds is 16. The van der Waals surface area contributed by atoms with E-state index in [1.54, 1.807) is 14.2 Å². The van der Waals surface area contributed by atoms with Gasteiger partial charge in [0, 0.05) is 39.8 Å². The molecule has 3 atom stereocenters. The van der Waals surface area contributed by atoms with Gasteiger partial charge in [-0.1, -0.05) is 19.9 Å². The standard InChI is InChI=1S/C23H40N2O6/c1-16(2)18(13-19(24)20(26)14-25-23(27)15-29-4)11-17-7-8-21(30-5)22(12-17)31-10-6-9-28-3/h7-8,12,16,18-20,26H,6,9-11,13-15,24H2,1-5H3,(H,25,27)/t18-,19-,20-/m0/s1. The van der Waals surface area contributed by atoms with Gasteiger partial charge in [-0.3, -0.25) is 4.79 Å². The van der Waals surface area contributed by atoms with Gasteiger partial charge in [0.2, 0.25) is 5.91 Å². The molecule has 0 bridgehead atoms. The number of benzene rings is 1. The smallest absolute Gasteiger partial charge is 0.246 e. The third kappa shape index (κ3) is 10.3. The molecule has 178 valence electrons. The van der Waals surface area contributed by atoms with Gasteiger partial charge >= 0.3 is 0 Å². The minimum Gasteiger partial charge on any atom is -0.493 e. The lowest BCUT2D eigenvalue weighted by Crippen LogP contribution is -2.45. The summed E-state index contributed by atoms with van der Waals surface area (Å²) in [5.74, 6) is 1.76. The fourth-order valence-electron chi connectivity index (χ4n) is 3.30. The van der Waals surface area contributed by atoms with Crippen molar-refractivity contribution in [1.82, 2.24) is 5.32 Å². The van der Waals surface area contributed by atoms with E-state index in [0.29, 0.717) is 37.1 Å². The molecule has 0 radical (unpaired) electrons. The third-order valence-electron chi connectivity index (χ3n) is 5.27. The summed E-state index contributed by atoms with van der Waals surface area (Å²) in [5, 5.41) is 13.0. The van der Waals surface area contributed by atoms with E-state index < -0.39 is 12.1 Å². The van der Waals surface area contributed by atoms with Crippen LogP contribution in [-0.4, -0.2) is 70.9 Å². The van der Waals surface area contributed by atoms with Crippen molar-refractivity contribution in [2.24, 2.45) is 17.6 Å². The number of hydrogen-bond donors (Lipinski definition) is 3. The summed E-state index contributed by atoms with van der Waals surface area (Å²) in [4.78, 5) is 11.5. The normalized spacial score (nSPS) is 14.2. The highest BCUT2D eigenvalue weighted by Crippen LogP contribution is 2.31. The molecule has 0 saturated heterocycles. The fourth-order valence-corrected chi connectivity index (χ4v) is 3.30. The number of hydrogen-bond acceptors (Lipinski definition) is 7. The average molecular weight is 441 g/mol. The Bertz CT molecular complexity index is 640. The summed E-state index contributed by atoms with van der Waals surface area (Å²) >= 11 is 0. The first-order valence-corrected chi connectivity index (χ1v) is 10.8. The molecule has 8 heteroatoms. The largest absolute Gasteiger partial charge is 0.493 e. The molecule has 31 heavy (non-hydrogen) atoms. The first-order valence-electron chi connectivity index (χ1n) is 10.8. The third-order valence-corrected chi connectivity index (χ3v) is 5.27. The van der Waals surface area contributed by atoms with Crippen LogP contribution in [0, 0.1) is 11.8 Å². The van der Waals surface area contributed by atoms with Crippen LogP contribution in [0.2, 0.25) is 0 Å². The summed E-state index contributed by atoms with van der Waals surface area (Å²) in [6.45, 7) is 5.56. The van der Waals surface area contributed by atoms with Gasteiger partial charge in [0.05, 0.1) is 19.8 Å². The van der Waals surface area contributed by atoms with Crippen LogP contribution in [0.15, 0.2) is 18.2 Å². The number of amides is 1. The van der Waals surface area contributed by atoms with Crippen LogP contribution in [0.5, 0.6) is 11.5 Å². The molecule has 0 saturated carbocycles. The number of carbonyl (C=O) groups excluding carboxylic acids is 1. The summed E-state index contributed by atoms with van der Waals surface area (Å²) in [6.07, 6.45) is 1.41. The molecule has 0 spiro atoms. The molecule has 0 aliphatic carbocycles. The van der Waals surface area contributed by atoms with E-state index in [9.17, 15) is 9.90 Å². The summed E-state index contributed by atoms with van der Waals surface area (Å²) in [5.41, 5.74) is 7.37. The first kappa shape index (κ1) is 27.2. The Balaban J connectivity index is 2.73. The monoisotopic (exact) mass is 440 g/mol. The van der Waals surface area contributed by atoms with Gasteiger partial charge in [0.15, 0.2) is 11.5 Å². The molecule has 0 aromatic heterocycles. The van der Waals surface area contributed by atoms with E-state index in [2.05, 4.69) is 19.2 Å². The van der Waals surface area contributed by atoms with E-state index in [-0.39, 0.29) is 25.0 Å². The maximum absolute atomic E-state index is 11.5. The van der Waals surface area contributed by atoms with Crippen molar-refractivity contribution >= 4 is 5.91 Å². The predicted octanol–water partition coefficient (Wildman–Crippen LogP) is 1.77. The van der Waals surface area contributed by atoms with Crippen LogP contribution in [0.4, 0.5) is 0 Å². The molecule has 1 amide bonds. The Morgan fingerprint density at radius 3 is 2.48 bits per heavy atom. The van der Waals surface area contributed by atoms with Crippen molar-refractivity contribution in [2.45, 2.75) is 45.3 Å². The van der Waals surface area contributed by atoms with E-state index in [1.807, 2.05) is 18.2 Å². The van der Waals surface area contributed by atoms with Gasteiger partial charge in [-0.05, 0) is 42.4 Å². The van der Waals surface area contributed by atoms with Crippen LogP contribution in [0.1, 0.15) is 32.3 Å². The minimum atomic E-state index is -0.822. The number of methoxy groups -OCH3 is 3. The van der Waals surface area contributed by atoms with Crippen molar-refractivity contribution in [3.63, 3.8) is 0 Å². The zero-order valence-corrected chi connectivity index (χ0v) is 19.6. The van der Waals surface area contributed by atoms with Crippen molar-refractivity contribution in [3.8, 4) is 11.5 Å². The van der Waals surface area contributed by atoms with Gasteiger partial charge in [-0.2, -0.15) is 0 Å². The molecule has 1 rings (SSSR count). The molecule has 0 unspecified atom stereocenters. The van der Waals surface area contributed by atoms with E-state index >= 15 is 0 Å². The second kappa shape index (κ2) is 15.0. The van der Waals surface area contributed by atoms with Gasteiger partial charge < -0.3 is 35.1 Å². The highest BCUT2D eigenvalue weighted by molar-refractivity contribution is 5.77. The lowest BCUT2D eigenvalue weighted by molar-refractivity contribution is -0.125. The quantitative estimate of drug-likeness (QED) is 0.336. The van der Waals surface area contributed by atoms with Gasteiger partial charge in [-0.15, -0.1) is 0 Å². The first-order chi connectivity index (χ1) is 14.8. The lowest BCUT2D eigenvalue weighted by atomic mass is 9.83. The zero-order chi connectivity index (χ0) is 23.2. The van der Waals surface area contributed by atoms with Crippen molar-refractivity contribution < 1.29 is 28.8 Å². The predicted molar refractivity (Wildman–Crippen MR) is 120 cm³/mol. The Hall–Kier alpha value is -1.87. The number of aliphatic hydroxyl groups is 1. The van der Waals surface area contributed by atoms with E-state index in [0.717, 1.165) is 18.4 Å². The van der Waals surface area contributed by atoms with E-state index in [4.69, 9.17) is 24.7 Å². The molecule has 0 aliphatic heterocycles. The summed E-state index contributed by atoms with van der Waals surface area (Å²) < 4.78 is 21.1. The summed E-state index contributed by atoms with van der Waals surface area (Å²) in [7, 11) is 4.74. The van der Waals surface area contributed by atoms with Crippen LogP contribution in [0.25, 0.3) is 0 Å². The zero-order valence-electron chi connectivity index (χ0n) is 19.6. The maximum atomic E-state index is 11.5. The molecule has 4 N–H and O–H groups in total. The molecule has 0 heterocycles. The summed E-state index contributed by atoms with van der Waals surface area (Å²) in [6, 6.07) is 5.51. The topological polar surface area (TPSA) is 112 Å². The number of ether oxygens (including phenoxy) is 4. The number of nitrogens with two attached hydrogens (primary N) is 1. The van der Waals surface area contributed by atoms with Crippen molar-refractivity contribution in [2.75, 3.05) is 47.7 Å². The molecule has 0 aliphatic rings. The molecular formula is C23H40N2O6. The maximum Gasteiger partial charge on any atom is 0.246 e. The second-order valence-electron chi connectivity index (χ2n) is 8.09. The fraction of sp³-hybridized carbons (Fsp3) is 0.696. The second-order valence-corrected chi connectivity index (χ2v) is 8.09. The molecule has 1 aromatic rings. The minimum absolute atomic E-state index is 0.0378. The van der Waals surface area contributed by atoms with Crippen LogP contribution in [0.3, 0.4) is 0 Å². The van der Waals surface area contributed by atoms with Gasteiger partial charge in [0.25, 0.3) is 0 Å². The van der Waals surface area contributed by atoms with Crippen LogP contribution < -0.4 is 20.5 Å². The van der Waals surface area contributed by atoms with Crippen LogP contribution >= 0.6 is 0 Å². The highest BCUT2D eigenvalue weighted by atomic mass is 16.5. The van der Waals surface area contributed by atoms with Crippen molar-refractivity contribution in [3.05, 3.63) is 23.8 Å². The molecular weight excluding hydrogens is 400 g/mol. The van der Waals surface area contributed by atoms with Crippen molar-refractivity contribution in [1.29, 1.82) is 0 Å². The van der Waals surface area contributed by atoms with Gasteiger partial charge in [-0.25, -0.2) is 0 Å². The molecule has 8 nitrogen and oxygen atoms in total. The van der Waals surface area contributed by atoms with E-state index in [1.165, 1.54) is 7.11 Å². The lowest BCUT2D eigenvalue weighted by Gasteiger charge is -2.27. The Labute approximate surface area is 186 Å².